The summed E-state index contributed by atoms with van der Waals surface area (Å²) in [6.07, 6.45) is 1.62. The van der Waals surface area contributed by atoms with Gasteiger partial charge in [-0.05, 0) is 53.4 Å². The van der Waals surface area contributed by atoms with E-state index in [9.17, 15) is 0 Å². The van der Waals surface area contributed by atoms with E-state index in [1.165, 1.54) is 5.56 Å². The van der Waals surface area contributed by atoms with Crippen molar-refractivity contribution in [1.82, 2.24) is 0 Å². The van der Waals surface area contributed by atoms with Crippen molar-refractivity contribution in [2.75, 3.05) is 7.11 Å². The average Bonchev–Trinajstić information content (AvgIpc) is 2.26. The highest BCUT2D eigenvalue weighted by atomic mass is 79.9. The third-order valence-corrected chi connectivity index (χ3v) is 2.78. The van der Waals surface area contributed by atoms with Crippen LogP contribution in [0.4, 0.5) is 0 Å². The zero-order chi connectivity index (χ0) is 11.3. The van der Waals surface area contributed by atoms with Crippen molar-refractivity contribution in [3.8, 4) is 5.75 Å². The van der Waals surface area contributed by atoms with Gasteiger partial charge in [0.1, 0.15) is 5.75 Å². The molecule has 0 fully saturated rings. The van der Waals surface area contributed by atoms with Crippen LogP contribution in [0.2, 0.25) is 0 Å². The predicted octanol–water partition coefficient (Wildman–Crippen LogP) is 3.24. The minimum atomic E-state index is 0.738. The number of rotatable bonds is 4. The number of hydrogen-bond acceptors (Lipinski definition) is 3. The van der Waals surface area contributed by atoms with E-state index in [2.05, 4.69) is 21.1 Å². The number of oxime groups is 1. The number of halogens is 1. The van der Waals surface area contributed by atoms with Gasteiger partial charge in [-0.25, -0.2) is 0 Å². The molecule has 0 aliphatic carbocycles. The summed E-state index contributed by atoms with van der Waals surface area (Å²) in [6.45, 7) is 1.80. The third-order valence-electron chi connectivity index (χ3n) is 2.16. The maximum atomic E-state index is 8.51. The lowest BCUT2D eigenvalue weighted by atomic mass is 10.1. The van der Waals surface area contributed by atoms with Crippen molar-refractivity contribution in [2.45, 2.75) is 19.8 Å². The highest BCUT2D eigenvalue weighted by Crippen LogP contribution is 2.25. The van der Waals surface area contributed by atoms with Gasteiger partial charge in [0.2, 0.25) is 0 Å². The van der Waals surface area contributed by atoms with Crippen LogP contribution in [0.25, 0.3) is 0 Å². The molecule has 0 saturated carbocycles. The van der Waals surface area contributed by atoms with E-state index >= 15 is 0 Å². The van der Waals surface area contributed by atoms with Crippen LogP contribution in [0.5, 0.6) is 5.75 Å². The Labute approximate surface area is 97.9 Å². The maximum absolute atomic E-state index is 8.51. The Balaban J connectivity index is 2.67. The van der Waals surface area contributed by atoms with E-state index in [0.717, 1.165) is 28.8 Å². The fraction of sp³-hybridized carbons (Fsp3) is 0.364. The third kappa shape index (κ3) is 3.55. The van der Waals surface area contributed by atoms with Crippen LogP contribution < -0.4 is 4.74 Å². The summed E-state index contributed by atoms with van der Waals surface area (Å²) in [4.78, 5) is 0. The van der Waals surface area contributed by atoms with E-state index < -0.39 is 0 Å². The Kier molecular flexibility index (Phi) is 4.62. The Bertz CT molecular complexity index is 364. The van der Waals surface area contributed by atoms with E-state index in [0.29, 0.717) is 0 Å². The Morgan fingerprint density at radius 3 is 2.80 bits per heavy atom. The number of benzene rings is 1. The first-order valence-corrected chi connectivity index (χ1v) is 5.46. The summed E-state index contributed by atoms with van der Waals surface area (Å²) >= 11 is 3.43. The second-order valence-electron chi connectivity index (χ2n) is 3.30. The SMILES string of the molecule is COc1ccc(CC/C(C)=N/O)cc1Br. The van der Waals surface area contributed by atoms with Crippen LogP contribution in [0, 0.1) is 0 Å². The molecular weight excluding hydrogens is 258 g/mol. The minimum Gasteiger partial charge on any atom is -0.496 e. The van der Waals surface area contributed by atoms with Gasteiger partial charge < -0.3 is 9.94 Å². The monoisotopic (exact) mass is 271 g/mol. The number of methoxy groups -OCH3 is 1. The van der Waals surface area contributed by atoms with Crippen LogP contribution in [-0.4, -0.2) is 18.0 Å². The number of nitrogens with zero attached hydrogens (tertiary/aromatic N) is 1. The second kappa shape index (κ2) is 5.75. The van der Waals surface area contributed by atoms with Gasteiger partial charge in [0.05, 0.1) is 17.3 Å². The van der Waals surface area contributed by atoms with Gasteiger partial charge in [-0.1, -0.05) is 11.2 Å². The normalized spacial score (nSPS) is 11.5. The number of aryl methyl sites for hydroxylation is 1. The molecule has 0 aliphatic rings. The number of ether oxygens (including phenoxy) is 1. The first-order chi connectivity index (χ1) is 7.17. The quantitative estimate of drug-likeness (QED) is 0.519. The minimum absolute atomic E-state index is 0.738. The molecule has 0 spiro atoms. The van der Waals surface area contributed by atoms with Gasteiger partial charge >= 0.3 is 0 Å². The summed E-state index contributed by atoms with van der Waals surface area (Å²) in [6, 6.07) is 5.95. The van der Waals surface area contributed by atoms with Gasteiger partial charge in [-0.15, -0.1) is 0 Å². The van der Waals surface area contributed by atoms with E-state index in [1.807, 2.05) is 18.2 Å². The van der Waals surface area contributed by atoms with Crippen LogP contribution in [0.1, 0.15) is 18.9 Å². The molecule has 0 bridgehead atoms. The molecule has 82 valence electrons. The van der Waals surface area contributed by atoms with E-state index in [-0.39, 0.29) is 0 Å². The highest BCUT2D eigenvalue weighted by Gasteiger charge is 2.02. The van der Waals surface area contributed by atoms with Crippen LogP contribution in [0.3, 0.4) is 0 Å². The molecule has 0 atom stereocenters. The molecule has 1 rings (SSSR count). The van der Waals surface area contributed by atoms with E-state index in [1.54, 1.807) is 14.0 Å². The molecular formula is C11H14BrNO2. The Morgan fingerprint density at radius 2 is 2.27 bits per heavy atom. The Morgan fingerprint density at radius 1 is 1.53 bits per heavy atom. The van der Waals surface area contributed by atoms with Crippen molar-refractivity contribution in [3.63, 3.8) is 0 Å². The zero-order valence-corrected chi connectivity index (χ0v) is 10.4. The molecule has 1 aromatic rings. The molecule has 0 amide bonds. The number of hydrogen-bond donors (Lipinski definition) is 1. The molecule has 15 heavy (non-hydrogen) atoms. The van der Waals surface area contributed by atoms with Gasteiger partial charge in [0.15, 0.2) is 0 Å². The molecule has 0 aromatic heterocycles. The van der Waals surface area contributed by atoms with Crippen molar-refractivity contribution < 1.29 is 9.94 Å². The second-order valence-corrected chi connectivity index (χ2v) is 4.16. The molecule has 4 heteroatoms. The summed E-state index contributed by atoms with van der Waals surface area (Å²) in [5.41, 5.74) is 1.92. The van der Waals surface area contributed by atoms with Crippen LogP contribution >= 0.6 is 15.9 Å². The highest BCUT2D eigenvalue weighted by molar-refractivity contribution is 9.10. The van der Waals surface area contributed by atoms with Gasteiger partial charge in [-0.3, -0.25) is 0 Å². The van der Waals surface area contributed by atoms with Crippen molar-refractivity contribution in [1.29, 1.82) is 0 Å². The molecule has 0 radical (unpaired) electrons. The summed E-state index contributed by atoms with van der Waals surface area (Å²) in [5.74, 6) is 0.825. The summed E-state index contributed by atoms with van der Waals surface area (Å²) in [7, 11) is 1.64. The van der Waals surface area contributed by atoms with Gasteiger partial charge in [-0.2, -0.15) is 0 Å². The largest absolute Gasteiger partial charge is 0.496 e. The fourth-order valence-electron chi connectivity index (χ4n) is 1.24. The van der Waals surface area contributed by atoms with E-state index in [4.69, 9.17) is 9.94 Å². The van der Waals surface area contributed by atoms with Crippen LogP contribution in [0.15, 0.2) is 27.8 Å². The summed E-state index contributed by atoms with van der Waals surface area (Å²) < 4.78 is 6.08. The Hall–Kier alpha value is -1.03. The van der Waals surface area contributed by atoms with Gasteiger partial charge in [0, 0.05) is 0 Å². The van der Waals surface area contributed by atoms with Gasteiger partial charge in [0.25, 0.3) is 0 Å². The molecule has 0 unspecified atom stereocenters. The average molecular weight is 272 g/mol. The molecule has 1 aromatic carbocycles. The lowest BCUT2D eigenvalue weighted by Gasteiger charge is -2.05. The first kappa shape index (κ1) is 12.0. The fourth-order valence-corrected chi connectivity index (χ4v) is 1.83. The zero-order valence-electron chi connectivity index (χ0n) is 8.83. The molecule has 1 N–H and O–H groups in total. The lowest BCUT2D eigenvalue weighted by Crippen LogP contribution is -1.95. The first-order valence-electron chi connectivity index (χ1n) is 4.67. The van der Waals surface area contributed by atoms with Crippen molar-refractivity contribution in [3.05, 3.63) is 28.2 Å². The molecule has 3 nitrogen and oxygen atoms in total. The van der Waals surface area contributed by atoms with Crippen molar-refractivity contribution >= 4 is 21.6 Å². The predicted molar refractivity (Wildman–Crippen MR) is 63.9 cm³/mol. The smallest absolute Gasteiger partial charge is 0.133 e. The maximum Gasteiger partial charge on any atom is 0.133 e. The standard InChI is InChI=1S/C11H14BrNO2/c1-8(13-14)3-4-9-5-6-11(15-2)10(12)7-9/h5-7,14H,3-4H2,1-2H3/b13-8+. The molecule has 0 saturated heterocycles. The topological polar surface area (TPSA) is 41.8 Å². The molecule has 0 aliphatic heterocycles. The summed E-state index contributed by atoms with van der Waals surface area (Å²) in [5, 5.41) is 11.6. The van der Waals surface area contributed by atoms with Crippen LogP contribution in [-0.2, 0) is 6.42 Å². The van der Waals surface area contributed by atoms with Crippen molar-refractivity contribution in [2.24, 2.45) is 5.16 Å². The molecule has 0 heterocycles. The lowest BCUT2D eigenvalue weighted by molar-refractivity contribution is 0.317.